The molecule has 3 N–H and O–H groups in total. The summed E-state index contributed by atoms with van der Waals surface area (Å²) >= 11 is 0. The minimum atomic E-state index is -1.15. The van der Waals surface area contributed by atoms with Crippen molar-refractivity contribution >= 4 is 11.7 Å². The minimum absolute atomic E-state index is 0.00689. The normalized spacial score (nSPS) is 23.5. The number of para-hydroxylation sites is 1. The van der Waals surface area contributed by atoms with Crippen LogP contribution in [0.3, 0.4) is 0 Å². The van der Waals surface area contributed by atoms with Gasteiger partial charge in [-0.05, 0) is 19.1 Å². The Kier molecular flexibility index (Phi) is 1.96. The molecule has 1 aromatic rings. The van der Waals surface area contributed by atoms with Gasteiger partial charge in [-0.2, -0.15) is 0 Å². The highest BCUT2D eigenvalue weighted by atomic mass is 16.5. The fraction of sp³-hybridized carbons (Fsp3) is 0.300. The topological polar surface area (TPSA) is 78.8 Å². The summed E-state index contributed by atoms with van der Waals surface area (Å²) in [5, 5.41) is 21.3. The smallest absolute Gasteiger partial charge is 0.332 e. The number of ether oxygens (including phenoxy) is 1. The number of nitrogens with one attached hydrogen (secondary N) is 1. The molecule has 2 rings (SSSR count). The molecule has 0 saturated heterocycles. The summed E-state index contributed by atoms with van der Waals surface area (Å²) in [5.41, 5.74) is -0.660. The number of carboxylic acids is 1. The van der Waals surface area contributed by atoms with E-state index in [0.717, 1.165) is 0 Å². The fourth-order valence-corrected chi connectivity index (χ4v) is 1.44. The molecule has 0 spiro atoms. The van der Waals surface area contributed by atoms with Crippen molar-refractivity contribution in [3.05, 3.63) is 18.2 Å². The molecule has 0 fully saturated rings. The zero-order valence-corrected chi connectivity index (χ0v) is 8.15. The first-order valence-electron chi connectivity index (χ1n) is 4.49. The number of rotatable bonds is 1. The predicted octanol–water partition coefficient (Wildman–Crippen LogP) is 1.04. The van der Waals surface area contributed by atoms with Crippen molar-refractivity contribution < 1.29 is 19.7 Å². The second-order valence-corrected chi connectivity index (χ2v) is 3.70. The lowest BCUT2D eigenvalue weighted by Crippen LogP contribution is -2.50. The van der Waals surface area contributed by atoms with Crippen LogP contribution >= 0.6 is 0 Å². The molecule has 80 valence electrons. The van der Waals surface area contributed by atoms with Crippen LogP contribution < -0.4 is 10.1 Å². The number of carbonyl (C=O) groups is 1. The standard InChI is InChI=1S/C10H11NO4/c1-10(9(13)14)5-15-8-6(11-10)3-2-4-7(8)12/h2-4,11-12H,5H2,1H3,(H,13,14). The molecule has 1 aliphatic rings. The van der Waals surface area contributed by atoms with Crippen molar-refractivity contribution in [2.24, 2.45) is 0 Å². The van der Waals surface area contributed by atoms with Gasteiger partial charge >= 0.3 is 5.97 Å². The maximum Gasteiger partial charge on any atom is 0.332 e. The molecular weight excluding hydrogens is 198 g/mol. The van der Waals surface area contributed by atoms with Crippen molar-refractivity contribution in [2.45, 2.75) is 12.5 Å². The first-order valence-corrected chi connectivity index (χ1v) is 4.49. The number of phenols is 1. The fourth-order valence-electron chi connectivity index (χ4n) is 1.44. The van der Waals surface area contributed by atoms with Gasteiger partial charge in [0.25, 0.3) is 0 Å². The second kappa shape index (κ2) is 3.05. The maximum atomic E-state index is 11.0. The van der Waals surface area contributed by atoms with Crippen LogP contribution in [-0.2, 0) is 4.79 Å². The zero-order chi connectivity index (χ0) is 11.1. The molecular formula is C10H11NO4. The van der Waals surface area contributed by atoms with E-state index in [0.29, 0.717) is 11.4 Å². The Hall–Kier alpha value is -1.91. The average molecular weight is 209 g/mol. The molecule has 1 aromatic carbocycles. The highest BCUT2D eigenvalue weighted by molar-refractivity contribution is 5.84. The van der Waals surface area contributed by atoms with Gasteiger partial charge < -0.3 is 20.3 Å². The molecule has 1 heterocycles. The van der Waals surface area contributed by atoms with Crippen LogP contribution in [0.25, 0.3) is 0 Å². The van der Waals surface area contributed by atoms with Crippen LogP contribution in [0.15, 0.2) is 18.2 Å². The molecule has 0 amide bonds. The van der Waals surface area contributed by atoms with Crippen LogP contribution in [-0.4, -0.2) is 28.3 Å². The molecule has 0 bridgehead atoms. The third-order valence-corrected chi connectivity index (χ3v) is 2.38. The van der Waals surface area contributed by atoms with Gasteiger partial charge in [0.1, 0.15) is 6.61 Å². The van der Waals surface area contributed by atoms with Gasteiger partial charge in [0.15, 0.2) is 17.0 Å². The van der Waals surface area contributed by atoms with Crippen LogP contribution in [0.4, 0.5) is 5.69 Å². The quantitative estimate of drug-likeness (QED) is 0.644. The predicted molar refractivity (Wildman–Crippen MR) is 53.3 cm³/mol. The molecule has 5 nitrogen and oxygen atoms in total. The molecule has 15 heavy (non-hydrogen) atoms. The number of aliphatic carboxylic acids is 1. The molecule has 1 aliphatic heterocycles. The molecule has 0 aromatic heterocycles. The summed E-state index contributed by atoms with van der Waals surface area (Å²) in [7, 11) is 0. The van der Waals surface area contributed by atoms with Crippen LogP contribution in [0, 0.1) is 0 Å². The van der Waals surface area contributed by atoms with Gasteiger partial charge in [-0.1, -0.05) is 6.07 Å². The largest absolute Gasteiger partial charge is 0.504 e. The van der Waals surface area contributed by atoms with E-state index in [1.807, 2.05) is 0 Å². The number of aromatic hydroxyl groups is 1. The van der Waals surface area contributed by atoms with Gasteiger partial charge in [0.05, 0.1) is 5.69 Å². The SMILES string of the molecule is CC1(C(=O)O)COc2c(O)cccc2N1. The highest BCUT2D eigenvalue weighted by Gasteiger charge is 2.38. The first kappa shape index (κ1) is 9.64. The number of phenolic OH excluding ortho intramolecular Hbond substituents is 1. The Morgan fingerprint density at radius 2 is 2.33 bits per heavy atom. The lowest BCUT2D eigenvalue weighted by molar-refractivity contribution is -0.143. The van der Waals surface area contributed by atoms with Crippen LogP contribution in [0.1, 0.15) is 6.92 Å². The van der Waals surface area contributed by atoms with Crippen LogP contribution in [0.5, 0.6) is 11.5 Å². The summed E-state index contributed by atoms with van der Waals surface area (Å²) in [6.45, 7) is 1.51. The van der Waals surface area contributed by atoms with Gasteiger partial charge in [-0.25, -0.2) is 4.79 Å². The molecule has 1 unspecified atom stereocenters. The van der Waals surface area contributed by atoms with E-state index in [4.69, 9.17) is 9.84 Å². The second-order valence-electron chi connectivity index (χ2n) is 3.70. The van der Waals surface area contributed by atoms with E-state index in [-0.39, 0.29) is 12.4 Å². The van der Waals surface area contributed by atoms with E-state index in [1.165, 1.54) is 13.0 Å². The number of hydrogen-bond donors (Lipinski definition) is 3. The molecule has 0 radical (unpaired) electrons. The van der Waals surface area contributed by atoms with E-state index < -0.39 is 11.5 Å². The maximum absolute atomic E-state index is 11.0. The van der Waals surface area contributed by atoms with Crippen LogP contribution in [0.2, 0.25) is 0 Å². The van der Waals surface area contributed by atoms with Gasteiger partial charge in [-0.3, -0.25) is 0 Å². The summed E-state index contributed by atoms with van der Waals surface area (Å²) in [6.07, 6.45) is 0. The average Bonchev–Trinajstić information content (AvgIpc) is 2.17. The lowest BCUT2D eigenvalue weighted by atomic mass is 10.0. The monoisotopic (exact) mass is 209 g/mol. The van der Waals surface area contributed by atoms with Crippen molar-refractivity contribution in [3.8, 4) is 11.5 Å². The Balaban J connectivity index is 2.39. The van der Waals surface area contributed by atoms with Crippen molar-refractivity contribution in [1.29, 1.82) is 0 Å². The van der Waals surface area contributed by atoms with Crippen molar-refractivity contribution in [2.75, 3.05) is 11.9 Å². The minimum Gasteiger partial charge on any atom is -0.504 e. The lowest BCUT2D eigenvalue weighted by Gasteiger charge is -2.33. The van der Waals surface area contributed by atoms with E-state index in [9.17, 15) is 9.90 Å². The highest BCUT2D eigenvalue weighted by Crippen LogP contribution is 2.39. The van der Waals surface area contributed by atoms with Crippen molar-refractivity contribution in [1.82, 2.24) is 0 Å². The van der Waals surface area contributed by atoms with Gasteiger partial charge in [-0.15, -0.1) is 0 Å². The molecule has 0 aliphatic carbocycles. The number of anilines is 1. The van der Waals surface area contributed by atoms with E-state index >= 15 is 0 Å². The summed E-state index contributed by atoms with van der Waals surface area (Å²) in [4.78, 5) is 11.0. The Labute approximate surface area is 86.3 Å². The number of fused-ring (bicyclic) bond motifs is 1. The molecule has 0 saturated carbocycles. The summed E-state index contributed by atoms with van der Waals surface area (Å²) < 4.78 is 5.24. The van der Waals surface area contributed by atoms with E-state index in [2.05, 4.69) is 5.32 Å². The van der Waals surface area contributed by atoms with E-state index in [1.54, 1.807) is 12.1 Å². The zero-order valence-electron chi connectivity index (χ0n) is 8.15. The molecule has 1 atom stereocenters. The van der Waals surface area contributed by atoms with Crippen molar-refractivity contribution in [3.63, 3.8) is 0 Å². The summed E-state index contributed by atoms with van der Waals surface area (Å²) in [5.74, 6) is -0.680. The summed E-state index contributed by atoms with van der Waals surface area (Å²) in [6, 6.07) is 4.78. The van der Waals surface area contributed by atoms with Gasteiger partial charge in [0, 0.05) is 0 Å². The Morgan fingerprint density at radius 3 is 3.00 bits per heavy atom. The number of hydrogen-bond acceptors (Lipinski definition) is 4. The first-order chi connectivity index (χ1) is 7.03. The number of benzene rings is 1. The Bertz CT molecular complexity index is 418. The Morgan fingerprint density at radius 1 is 1.60 bits per heavy atom. The molecule has 5 heteroatoms. The number of carboxylic acid groups (broad SMARTS) is 1. The van der Waals surface area contributed by atoms with Gasteiger partial charge in [0.2, 0.25) is 0 Å². The third-order valence-electron chi connectivity index (χ3n) is 2.38. The third kappa shape index (κ3) is 1.45.